The zero-order chi connectivity index (χ0) is 29.8. The quantitative estimate of drug-likeness (QED) is 0.283. The lowest BCUT2D eigenvalue weighted by Gasteiger charge is -2.44. The van der Waals surface area contributed by atoms with Gasteiger partial charge in [-0.15, -0.1) is 11.8 Å². The SMILES string of the molecule is C=CC(=O)N1[C@H](C)CN(c2nc(=O)n3c4c(c(-c5ccc(F)c(Cl)c5)c(C(F)(F)F)cc24)SC[C@H](OC)C3)C[C@@H]1C. The van der Waals surface area contributed by atoms with Gasteiger partial charge in [0.05, 0.1) is 28.8 Å². The molecule has 7 nitrogen and oxygen atoms in total. The Bertz CT molecular complexity index is 1600. The number of methoxy groups -OCH3 is 1. The van der Waals surface area contributed by atoms with E-state index in [1.807, 2.05) is 13.8 Å². The Hall–Kier alpha value is -3.09. The molecule has 0 N–H and O–H groups in total. The van der Waals surface area contributed by atoms with Crippen LogP contribution in [-0.4, -0.2) is 64.5 Å². The Morgan fingerprint density at radius 2 is 1.88 bits per heavy atom. The van der Waals surface area contributed by atoms with Gasteiger partial charge in [0.25, 0.3) is 0 Å². The molecule has 3 atom stereocenters. The van der Waals surface area contributed by atoms with Gasteiger partial charge in [0.2, 0.25) is 5.91 Å². The minimum absolute atomic E-state index is 0.0696. The van der Waals surface area contributed by atoms with Gasteiger partial charge in [-0.2, -0.15) is 18.2 Å². The van der Waals surface area contributed by atoms with Crippen LogP contribution >= 0.6 is 23.4 Å². The predicted molar refractivity (Wildman–Crippen MR) is 151 cm³/mol. The van der Waals surface area contributed by atoms with Crippen molar-refractivity contribution in [2.75, 3.05) is 30.9 Å². The number of carbonyl (C=O) groups excluding carboxylic acids is 1. The molecular formula is C28H27ClF4N4O3S. The molecule has 3 heterocycles. The Labute approximate surface area is 242 Å². The zero-order valence-electron chi connectivity index (χ0n) is 22.5. The summed E-state index contributed by atoms with van der Waals surface area (Å²) in [6.07, 6.45) is -4.06. The van der Waals surface area contributed by atoms with Gasteiger partial charge in [0.15, 0.2) is 0 Å². The number of rotatable bonds is 4. The molecule has 2 aliphatic heterocycles. The Kier molecular flexibility index (Phi) is 7.86. The second kappa shape index (κ2) is 11.0. The van der Waals surface area contributed by atoms with Crippen molar-refractivity contribution in [2.45, 2.75) is 49.7 Å². The molecule has 3 aromatic rings. The fourth-order valence-electron chi connectivity index (χ4n) is 5.72. The summed E-state index contributed by atoms with van der Waals surface area (Å²) < 4.78 is 65.3. The number of alkyl halides is 3. The van der Waals surface area contributed by atoms with Crippen molar-refractivity contribution < 1.29 is 27.1 Å². The summed E-state index contributed by atoms with van der Waals surface area (Å²) in [4.78, 5) is 33.9. The minimum atomic E-state index is -4.80. The van der Waals surface area contributed by atoms with Crippen LogP contribution in [0.15, 0.2) is 46.6 Å². The van der Waals surface area contributed by atoms with Gasteiger partial charge in [-0.3, -0.25) is 9.36 Å². The summed E-state index contributed by atoms with van der Waals surface area (Å²) >= 11 is 7.14. The molecule has 1 amide bonds. The van der Waals surface area contributed by atoms with Gasteiger partial charge in [-0.25, -0.2) is 9.18 Å². The molecule has 5 rings (SSSR count). The molecule has 13 heteroatoms. The standard InChI is InChI=1S/C28H27ClF4N4O3S/c1-5-22(38)37-14(2)10-35(11-15(37)3)26-18-9-19(28(31,32)33)23(16-6-7-21(30)20(29)8-16)25-24(18)36(27(39)34-26)12-17(40-4)13-41-25/h5-9,14-15,17H,1,10-13H2,2-4H3/t14-,15+,17-/m1/s1. The maximum atomic E-state index is 14.8. The van der Waals surface area contributed by atoms with Crippen LogP contribution < -0.4 is 10.6 Å². The van der Waals surface area contributed by atoms with Crippen LogP contribution in [0.5, 0.6) is 0 Å². The van der Waals surface area contributed by atoms with E-state index >= 15 is 0 Å². The van der Waals surface area contributed by atoms with E-state index in [1.165, 1.54) is 23.8 Å². The summed E-state index contributed by atoms with van der Waals surface area (Å²) in [5.41, 5.74) is -1.42. The highest BCUT2D eigenvalue weighted by Gasteiger charge is 2.40. The average Bonchev–Trinajstić information content (AvgIpc) is 3.11. The van der Waals surface area contributed by atoms with Crippen molar-refractivity contribution in [2.24, 2.45) is 0 Å². The summed E-state index contributed by atoms with van der Waals surface area (Å²) in [5, 5.41) is -0.171. The van der Waals surface area contributed by atoms with E-state index in [2.05, 4.69) is 11.6 Å². The number of anilines is 1. The number of aromatic nitrogens is 2. The summed E-state index contributed by atoms with van der Waals surface area (Å²) in [6, 6.07) is 3.78. The van der Waals surface area contributed by atoms with Crippen LogP contribution in [-0.2, 0) is 22.3 Å². The second-order valence-corrected chi connectivity index (χ2v) is 11.6. The molecule has 41 heavy (non-hydrogen) atoms. The fraction of sp³-hybridized carbons (Fsp3) is 0.393. The molecule has 0 bridgehead atoms. The molecule has 218 valence electrons. The first-order valence-corrected chi connectivity index (χ1v) is 14.2. The van der Waals surface area contributed by atoms with Crippen LogP contribution in [0, 0.1) is 5.82 Å². The smallest absolute Gasteiger partial charge is 0.379 e. The average molecular weight is 611 g/mol. The van der Waals surface area contributed by atoms with Crippen molar-refractivity contribution in [3.05, 3.63) is 63.8 Å². The molecular weight excluding hydrogens is 584 g/mol. The van der Waals surface area contributed by atoms with Crippen molar-refractivity contribution in [3.8, 4) is 11.1 Å². The second-order valence-electron chi connectivity index (χ2n) is 10.2. The number of thioether (sulfide) groups is 1. The van der Waals surface area contributed by atoms with Gasteiger partial charge < -0.3 is 14.5 Å². The first kappa shape index (κ1) is 29.4. The largest absolute Gasteiger partial charge is 0.417 e. The fourth-order valence-corrected chi connectivity index (χ4v) is 7.22. The van der Waals surface area contributed by atoms with Gasteiger partial charge >= 0.3 is 11.9 Å². The van der Waals surface area contributed by atoms with E-state index in [9.17, 15) is 27.2 Å². The first-order valence-electron chi connectivity index (χ1n) is 12.8. The third-order valence-electron chi connectivity index (χ3n) is 7.49. The monoisotopic (exact) mass is 610 g/mol. The molecule has 0 radical (unpaired) electrons. The van der Waals surface area contributed by atoms with E-state index in [-0.39, 0.29) is 81.1 Å². The van der Waals surface area contributed by atoms with Gasteiger partial charge in [0, 0.05) is 53.9 Å². The molecule has 0 saturated carbocycles. The third-order valence-corrected chi connectivity index (χ3v) is 9.01. The molecule has 2 aromatic carbocycles. The zero-order valence-corrected chi connectivity index (χ0v) is 24.0. The topological polar surface area (TPSA) is 67.7 Å². The van der Waals surface area contributed by atoms with E-state index in [1.54, 1.807) is 9.80 Å². The lowest BCUT2D eigenvalue weighted by atomic mass is 9.96. The predicted octanol–water partition coefficient (Wildman–Crippen LogP) is 5.61. The molecule has 0 unspecified atom stereocenters. The number of piperazine rings is 1. The van der Waals surface area contributed by atoms with Crippen molar-refractivity contribution in [3.63, 3.8) is 0 Å². The lowest BCUT2D eigenvalue weighted by Crippen LogP contribution is -2.58. The van der Waals surface area contributed by atoms with E-state index in [4.69, 9.17) is 16.3 Å². The number of hydrogen-bond donors (Lipinski definition) is 0. The lowest BCUT2D eigenvalue weighted by molar-refractivity contribution is -0.137. The van der Waals surface area contributed by atoms with Crippen molar-refractivity contribution in [1.82, 2.24) is 14.5 Å². The summed E-state index contributed by atoms with van der Waals surface area (Å²) in [5.74, 6) is -0.641. The number of nitrogens with zero attached hydrogens (tertiary/aromatic N) is 4. The molecule has 1 saturated heterocycles. The van der Waals surface area contributed by atoms with Crippen molar-refractivity contribution in [1.29, 1.82) is 0 Å². The van der Waals surface area contributed by atoms with Crippen LogP contribution in [0.3, 0.4) is 0 Å². The molecule has 1 fully saturated rings. The molecule has 0 aliphatic carbocycles. The van der Waals surface area contributed by atoms with Crippen LogP contribution in [0.4, 0.5) is 23.4 Å². The molecule has 1 aromatic heterocycles. The van der Waals surface area contributed by atoms with Gasteiger partial charge in [-0.1, -0.05) is 24.2 Å². The van der Waals surface area contributed by atoms with Crippen LogP contribution in [0.1, 0.15) is 19.4 Å². The minimum Gasteiger partial charge on any atom is -0.379 e. The number of ether oxygens (including phenoxy) is 1. The van der Waals surface area contributed by atoms with Crippen LogP contribution in [0.2, 0.25) is 5.02 Å². The highest BCUT2D eigenvalue weighted by atomic mass is 35.5. The van der Waals surface area contributed by atoms with E-state index < -0.39 is 29.4 Å². The van der Waals surface area contributed by atoms with E-state index in [0.29, 0.717) is 0 Å². The number of carbonyl (C=O) groups is 1. The Balaban J connectivity index is 1.83. The molecule has 2 aliphatic rings. The number of hydrogen-bond acceptors (Lipinski definition) is 6. The number of benzene rings is 2. The number of amides is 1. The normalized spacial score (nSPS) is 21.2. The summed E-state index contributed by atoms with van der Waals surface area (Å²) in [7, 11) is 1.47. The molecule has 0 spiro atoms. The Morgan fingerprint density at radius 3 is 2.46 bits per heavy atom. The van der Waals surface area contributed by atoms with Gasteiger partial charge in [0.1, 0.15) is 11.6 Å². The Morgan fingerprint density at radius 1 is 1.20 bits per heavy atom. The highest BCUT2D eigenvalue weighted by Crippen LogP contribution is 2.48. The van der Waals surface area contributed by atoms with Gasteiger partial charge in [-0.05, 0) is 43.7 Å². The maximum Gasteiger partial charge on any atom is 0.417 e. The van der Waals surface area contributed by atoms with Crippen molar-refractivity contribution >= 4 is 46.0 Å². The van der Waals surface area contributed by atoms with Crippen LogP contribution in [0.25, 0.3) is 22.0 Å². The first-order chi connectivity index (χ1) is 19.3. The van der Waals surface area contributed by atoms with E-state index in [0.717, 1.165) is 30.0 Å². The number of halogens is 5. The third kappa shape index (κ3) is 5.21. The maximum absolute atomic E-state index is 14.8. The highest BCUT2D eigenvalue weighted by molar-refractivity contribution is 7.99. The summed E-state index contributed by atoms with van der Waals surface area (Å²) in [6.45, 7) is 7.78.